The van der Waals surface area contributed by atoms with Gasteiger partial charge in [-0.25, -0.2) is 4.79 Å². The Morgan fingerprint density at radius 2 is 1.65 bits per heavy atom. The number of carbonyl (C=O) groups is 2. The fraction of sp³-hybridized carbons (Fsp3) is 0.120. The van der Waals surface area contributed by atoms with Crippen LogP contribution in [0.15, 0.2) is 84.6 Å². The average molecular weight is 527 g/mol. The SMILES string of the molecule is CCC(C(=O)N/C(=C/c1ccc(Oc2ccccc2I)cc1)C(=O)O)c1ccccc1. The number of aliphatic carboxylic acids is 1. The minimum atomic E-state index is -1.20. The van der Waals surface area contributed by atoms with Gasteiger partial charge in [-0.05, 0) is 70.5 Å². The molecule has 0 saturated carbocycles. The Kier molecular flexibility index (Phi) is 7.83. The Labute approximate surface area is 194 Å². The Bertz CT molecular complexity index is 1080. The number of benzene rings is 3. The lowest BCUT2D eigenvalue weighted by Crippen LogP contribution is -2.31. The van der Waals surface area contributed by atoms with E-state index in [9.17, 15) is 14.7 Å². The summed E-state index contributed by atoms with van der Waals surface area (Å²) in [6.07, 6.45) is 2.00. The Balaban J connectivity index is 1.75. The van der Waals surface area contributed by atoms with E-state index in [1.54, 1.807) is 24.3 Å². The standard InChI is InChI=1S/C25H22INO4/c1-2-20(18-8-4-3-5-9-18)24(28)27-22(25(29)30)16-17-12-14-19(15-13-17)31-23-11-7-6-10-21(23)26/h3-16,20H,2H2,1H3,(H,27,28)(H,29,30)/b22-16+. The van der Waals surface area contributed by atoms with E-state index in [2.05, 4.69) is 27.9 Å². The van der Waals surface area contributed by atoms with Crippen LogP contribution in [0.4, 0.5) is 0 Å². The van der Waals surface area contributed by atoms with Gasteiger partial charge in [0.2, 0.25) is 5.91 Å². The molecule has 1 unspecified atom stereocenters. The first-order chi connectivity index (χ1) is 15.0. The summed E-state index contributed by atoms with van der Waals surface area (Å²) in [6, 6.07) is 24.0. The quantitative estimate of drug-likeness (QED) is 0.286. The number of carboxylic acid groups (broad SMARTS) is 1. The molecule has 0 heterocycles. The van der Waals surface area contributed by atoms with Crippen molar-refractivity contribution in [2.24, 2.45) is 0 Å². The summed E-state index contributed by atoms with van der Waals surface area (Å²) >= 11 is 2.20. The van der Waals surface area contributed by atoms with Crippen LogP contribution in [0.25, 0.3) is 6.08 Å². The normalized spacial score (nSPS) is 12.1. The molecule has 3 rings (SSSR count). The minimum absolute atomic E-state index is 0.175. The first-order valence-electron chi connectivity index (χ1n) is 9.81. The molecule has 3 aromatic rings. The summed E-state index contributed by atoms with van der Waals surface area (Å²) in [5, 5.41) is 12.1. The fourth-order valence-corrected chi connectivity index (χ4v) is 3.58. The molecule has 0 spiro atoms. The highest BCUT2D eigenvalue weighted by molar-refractivity contribution is 14.1. The van der Waals surface area contributed by atoms with Crippen molar-refractivity contribution in [3.63, 3.8) is 0 Å². The van der Waals surface area contributed by atoms with Crippen LogP contribution in [0.1, 0.15) is 30.4 Å². The van der Waals surface area contributed by atoms with Crippen molar-refractivity contribution in [1.82, 2.24) is 5.32 Å². The number of amides is 1. The molecule has 0 bridgehead atoms. The predicted octanol–water partition coefficient (Wildman–Crippen LogP) is 5.82. The lowest BCUT2D eigenvalue weighted by molar-refractivity contribution is -0.134. The molecule has 2 N–H and O–H groups in total. The molecule has 0 aliphatic heterocycles. The smallest absolute Gasteiger partial charge is 0.352 e. The summed E-state index contributed by atoms with van der Waals surface area (Å²) in [5.74, 6) is -0.585. The third-order valence-electron chi connectivity index (χ3n) is 4.67. The Morgan fingerprint density at radius 1 is 1.00 bits per heavy atom. The molecule has 0 aliphatic carbocycles. The number of carboxylic acids is 1. The largest absolute Gasteiger partial charge is 0.477 e. The molecule has 0 aliphatic rings. The van der Waals surface area contributed by atoms with Gasteiger partial charge < -0.3 is 15.2 Å². The number of nitrogens with one attached hydrogen (secondary N) is 1. The first-order valence-corrected chi connectivity index (χ1v) is 10.9. The number of hydrogen-bond acceptors (Lipinski definition) is 3. The monoisotopic (exact) mass is 527 g/mol. The van der Waals surface area contributed by atoms with Crippen LogP contribution in [0, 0.1) is 3.57 Å². The lowest BCUT2D eigenvalue weighted by Gasteiger charge is -2.15. The molecular weight excluding hydrogens is 505 g/mol. The van der Waals surface area contributed by atoms with Crippen molar-refractivity contribution < 1.29 is 19.4 Å². The van der Waals surface area contributed by atoms with E-state index in [0.29, 0.717) is 17.7 Å². The number of ether oxygens (including phenoxy) is 1. The van der Waals surface area contributed by atoms with Crippen molar-refractivity contribution >= 4 is 40.5 Å². The van der Waals surface area contributed by atoms with Crippen molar-refractivity contribution in [2.45, 2.75) is 19.3 Å². The van der Waals surface area contributed by atoms with Crippen LogP contribution in [-0.2, 0) is 9.59 Å². The van der Waals surface area contributed by atoms with Gasteiger partial charge in [-0.2, -0.15) is 0 Å². The van der Waals surface area contributed by atoms with E-state index in [4.69, 9.17) is 4.74 Å². The van der Waals surface area contributed by atoms with Gasteiger partial charge in [-0.1, -0.05) is 61.5 Å². The van der Waals surface area contributed by atoms with Crippen molar-refractivity contribution in [1.29, 1.82) is 0 Å². The van der Waals surface area contributed by atoms with Gasteiger partial charge in [-0.3, -0.25) is 4.79 Å². The van der Waals surface area contributed by atoms with Crippen LogP contribution in [0.2, 0.25) is 0 Å². The van der Waals surface area contributed by atoms with Crippen LogP contribution in [-0.4, -0.2) is 17.0 Å². The molecular formula is C25H22INO4. The van der Waals surface area contributed by atoms with Crippen molar-refractivity contribution in [2.75, 3.05) is 0 Å². The van der Waals surface area contributed by atoms with Crippen LogP contribution in [0.5, 0.6) is 11.5 Å². The number of hydrogen-bond donors (Lipinski definition) is 2. The zero-order valence-electron chi connectivity index (χ0n) is 16.9. The third-order valence-corrected chi connectivity index (χ3v) is 5.56. The Morgan fingerprint density at radius 3 is 2.26 bits per heavy atom. The van der Waals surface area contributed by atoms with Crippen LogP contribution >= 0.6 is 22.6 Å². The van der Waals surface area contributed by atoms with Gasteiger partial charge in [0, 0.05) is 0 Å². The summed E-state index contributed by atoms with van der Waals surface area (Å²) in [5.41, 5.74) is 1.32. The van der Waals surface area contributed by atoms with E-state index in [1.165, 1.54) is 6.08 Å². The van der Waals surface area contributed by atoms with Crippen molar-refractivity contribution in [3.8, 4) is 11.5 Å². The maximum Gasteiger partial charge on any atom is 0.352 e. The van der Waals surface area contributed by atoms with E-state index >= 15 is 0 Å². The maximum absolute atomic E-state index is 12.7. The summed E-state index contributed by atoms with van der Waals surface area (Å²) < 4.78 is 6.85. The Hall–Kier alpha value is -3.13. The van der Waals surface area contributed by atoms with E-state index in [-0.39, 0.29) is 11.6 Å². The molecule has 1 atom stereocenters. The average Bonchev–Trinajstić information content (AvgIpc) is 2.77. The zero-order chi connectivity index (χ0) is 22.2. The predicted molar refractivity (Wildman–Crippen MR) is 129 cm³/mol. The molecule has 1 amide bonds. The molecule has 3 aromatic carbocycles. The van der Waals surface area contributed by atoms with Crippen molar-refractivity contribution in [3.05, 3.63) is 99.3 Å². The molecule has 0 saturated heterocycles. The highest BCUT2D eigenvalue weighted by Gasteiger charge is 2.21. The summed E-state index contributed by atoms with van der Waals surface area (Å²) in [4.78, 5) is 24.5. The highest BCUT2D eigenvalue weighted by Crippen LogP contribution is 2.27. The second-order valence-corrected chi connectivity index (χ2v) is 7.99. The van der Waals surface area contributed by atoms with E-state index in [0.717, 1.165) is 14.9 Å². The van der Waals surface area contributed by atoms with Gasteiger partial charge in [-0.15, -0.1) is 0 Å². The molecule has 6 heteroatoms. The lowest BCUT2D eigenvalue weighted by atomic mass is 9.95. The second-order valence-electron chi connectivity index (χ2n) is 6.83. The summed E-state index contributed by atoms with van der Waals surface area (Å²) in [6.45, 7) is 1.90. The summed E-state index contributed by atoms with van der Waals surface area (Å²) in [7, 11) is 0. The highest BCUT2D eigenvalue weighted by atomic mass is 127. The molecule has 0 aromatic heterocycles. The molecule has 5 nitrogen and oxygen atoms in total. The molecule has 158 valence electrons. The van der Waals surface area contributed by atoms with Crippen LogP contribution in [0.3, 0.4) is 0 Å². The van der Waals surface area contributed by atoms with Gasteiger partial charge in [0.15, 0.2) is 0 Å². The van der Waals surface area contributed by atoms with Crippen LogP contribution < -0.4 is 10.1 Å². The second kappa shape index (κ2) is 10.8. The fourth-order valence-electron chi connectivity index (χ4n) is 3.08. The molecule has 0 radical (unpaired) electrons. The van der Waals surface area contributed by atoms with Gasteiger partial charge in [0.25, 0.3) is 0 Å². The van der Waals surface area contributed by atoms with E-state index in [1.807, 2.05) is 61.5 Å². The molecule has 0 fully saturated rings. The minimum Gasteiger partial charge on any atom is -0.477 e. The zero-order valence-corrected chi connectivity index (χ0v) is 19.1. The topological polar surface area (TPSA) is 75.6 Å². The number of halogens is 1. The van der Waals surface area contributed by atoms with Gasteiger partial charge >= 0.3 is 5.97 Å². The third kappa shape index (κ3) is 6.18. The first kappa shape index (κ1) is 22.6. The van der Waals surface area contributed by atoms with E-state index < -0.39 is 11.9 Å². The number of para-hydroxylation sites is 1. The number of rotatable bonds is 8. The maximum atomic E-state index is 12.7. The molecule has 31 heavy (non-hydrogen) atoms. The van der Waals surface area contributed by atoms with Gasteiger partial charge in [0.1, 0.15) is 17.2 Å². The van der Waals surface area contributed by atoms with Gasteiger partial charge in [0.05, 0.1) is 9.49 Å². The number of carbonyl (C=O) groups excluding carboxylic acids is 1.